The molecule has 0 aromatic heterocycles. The maximum Gasteiger partial charge on any atom is 0.251 e. The van der Waals surface area contributed by atoms with E-state index in [4.69, 9.17) is 21.1 Å². The van der Waals surface area contributed by atoms with Crippen LogP contribution in [0.15, 0.2) is 42.5 Å². The van der Waals surface area contributed by atoms with Gasteiger partial charge >= 0.3 is 0 Å². The largest absolute Gasteiger partial charge is 0.497 e. The topological polar surface area (TPSA) is 47.6 Å². The molecule has 0 aliphatic carbocycles. The van der Waals surface area contributed by atoms with Crippen molar-refractivity contribution in [1.82, 2.24) is 5.32 Å². The molecule has 0 aliphatic heterocycles. The number of methoxy groups -OCH3 is 2. The Balaban J connectivity index is 1.95. The van der Waals surface area contributed by atoms with Crippen molar-refractivity contribution < 1.29 is 14.3 Å². The second-order valence-corrected chi connectivity index (χ2v) is 5.17. The van der Waals surface area contributed by atoms with E-state index in [2.05, 4.69) is 5.32 Å². The first-order chi connectivity index (χ1) is 10.6. The van der Waals surface area contributed by atoms with Gasteiger partial charge in [0.25, 0.3) is 5.91 Å². The Morgan fingerprint density at radius 1 is 1.05 bits per heavy atom. The maximum atomic E-state index is 12.2. The van der Waals surface area contributed by atoms with Gasteiger partial charge in [-0.05, 0) is 36.2 Å². The average Bonchev–Trinajstić information content (AvgIpc) is 2.56. The van der Waals surface area contributed by atoms with Crippen molar-refractivity contribution in [2.24, 2.45) is 0 Å². The number of carbonyl (C=O) groups is 1. The minimum absolute atomic E-state index is 0.161. The van der Waals surface area contributed by atoms with E-state index in [1.807, 2.05) is 24.3 Å². The summed E-state index contributed by atoms with van der Waals surface area (Å²) in [4.78, 5) is 12.2. The number of nitrogens with one attached hydrogen (secondary N) is 1. The minimum atomic E-state index is -0.161. The zero-order valence-corrected chi connectivity index (χ0v) is 13.3. The molecule has 0 bridgehead atoms. The van der Waals surface area contributed by atoms with Crippen LogP contribution in [0, 0.1) is 0 Å². The molecule has 1 N–H and O–H groups in total. The van der Waals surface area contributed by atoms with Crippen molar-refractivity contribution in [3.8, 4) is 11.5 Å². The lowest BCUT2D eigenvalue weighted by molar-refractivity contribution is 0.0953. The molecule has 22 heavy (non-hydrogen) atoms. The van der Waals surface area contributed by atoms with E-state index in [0.29, 0.717) is 28.6 Å². The summed E-state index contributed by atoms with van der Waals surface area (Å²) in [5.41, 5.74) is 1.63. The molecule has 0 atom stereocenters. The molecular formula is C17H18ClNO3. The smallest absolute Gasteiger partial charge is 0.251 e. The van der Waals surface area contributed by atoms with Gasteiger partial charge in [-0.2, -0.15) is 0 Å². The SMILES string of the molecule is COc1cc(OC)cc(C(=O)NCCc2ccc(Cl)cc2)c1. The van der Waals surface area contributed by atoms with Crippen LogP contribution in [-0.4, -0.2) is 26.7 Å². The van der Waals surface area contributed by atoms with Gasteiger partial charge in [0.2, 0.25) is 0 Å². The van der Waals surface area contributed by atoms with Crippen molar-refractivity contribution in [2.45, 2.75) is 6.42 Å². The predicted molar refractivity (Wildman–Crippen MR) is 87.0 cm³/mol. The Bertz CT molecular complexity index is 619. The van der Waals surface area contributed by atoms with Gasteiger partial charge in [-0.25, -0.2) is 0 Å². The Morgan fingerprint density at radius 2 is 1.64 bits per heavy atom. The molecule has 2 aromatic rings. The third-order valence-electron chi connectivity index (χ3n) is 3.23. The van der Waals surface area contributed by atoms with Crippen molar-refractivity contribution in [1.29, 1.82) is 0 Å². The summed E-state index contributed by atoms with van der Waals surface area (Å²) < 4.78 is 10.3. The molecule has 4 nitrogen and oxygen atoms in total. The number of rotatable bonds is 6. The summed E-state index contributed by atoms with van der Waals surface area (Å²) in [5, 5.41) is 3.59. The Labute approximate surface area is 135 Å². The molecule has 0 radical (unpaired) electrons. The molecule has 0 fully saturated rings. The molecule has 0 saturated heterocycles. The summed E-state index contributed by atoms with van der Waals surface area (Å²) in [5.74, 6) is 1.01. The average molecular weight is 320 g/mol. The minimum Gasteiger partial charge on any atom is -0.497 e. The van der Waals surface area contributed by atoms with Crippen molar-refractivity contribution >= 4 is 17.5 Å². The van der Waals surface area contributed by atoms with Crippen LogP contribution in [0.25, 0.3) is 0 Å². The Morgan fingerprint density at radius 3 is 2.18 bits per heavy atom. The van der Waals surface area contributed by atoms with Gasteiger partial charge in [0.1, 0.15) is 11.5 Å². The molecule has 2 rings (SSSR count). The normalized spacial score (nSPS) is 10.1. The highest BCUT2D eigenvalue weighted by molar-refractivity contribution is 6.30. The molecule has 5 heteroatoms. The monoisotopic (exact) mass is 319 g/mol. The lowest BCUT2D eigenvalue weighted by atomic mass is 10.1. The van der Waals surface area contributed by atoms with Crippen LogP contribution in [0.2, 0.25) is 5.02 Å². The lowest BCUT2D eigenvalue weighted by Gasteiger charge is -2.09. The summed E-state index contributed by atoms with van der Waals surface area (Å²) in [6, 6.07) is 12.7. The standard InChI is InChI=1S/C17H18ClNO3/c1-21-15-9-13(10-16(11-15)22-2)17(20)19-8-7-12-3-5-14(18)6-4-12/h3-6,9-11H,7-8H2,1-2H3,(H,19,20). The van der Waals surface area contributed by atoms with Gasteiger partial charge in [-0.15, -0.1) is 0 Å². The van der Waals surface area contributed by atoms with E-state index >= 15 is 0 Å². The number of benzene rings is 2. The van der Waals surface area contributed by atoms with Crippen LogP contribution in [-0.2, 0) is 6.42 Å². The first-order valence-corrected chi connectivity index (χ1v) is 7.26. The summed E-state index contributed by atoms with van der Waals surface area (Å²) in [6.07, 6.45) is 0.740. The molecule has 0 saturated carbocycles. The van der Waals surface area contributed by atoms with E-state index in [1.165, 1.54) is 0 Å². The van der Waals surface area contributed by atoms with Gasteiger partial charge in [-0.3, -0.25) is 4.79 Å². The number of halogens is 1. The summed E-state index contributed by atoms with van der Waals surface area (Å²) in [7, 11) is 3.11. The molecule has 116 valence electrons. The number of ether oxygens (including phenoxy) is 2. The number of amides is 1. The Hall–Kier alpha value is -2.20. The van der Waals surface area contributed by atoms with Gasteiger partial charge in [0.05, 0.1) is 14.2 Å². The van der Waals surface area contributed by atoms with Crippen LogP contribution < -0.4 is 14.8 Å². The fourth-order valence-corrected chi connectivity index (χ4v) is 2.14. The van der Waals surface area contributed by atoms with E-state index in [0.717, 1.165) is 12.0 Å². The second kappa shape index (κ2) is 7.71. The summed E-state index contributed by atoms with van der Waals surface area (Å²) in [6.45, 7) is 0.542. The molecule has 1 amide bonds. The van der Waals surface area contributed by atoms with Crippen LogP contribution in [0.4, 0.5) is 0 Å². The zero-order valence-electron chi connectivity index (χ0n) is 12.6. The van der Waals surface area contributed by atoms with Gasteiger partial charge in [0, 0.05) is 23.2 Å². The van der Waals surface area contributed by atoms with Crippen LogP contribution in [0.3, 0.4) is 0 Å². The highest BCUT2D eigenvalue weighted by Gasteiger charge is 2.09. The fourth-order valence-electron chi connectivity index (χ4n) is 2.01. The lowest BCUT2D eigenvalue weighted by Crippen LogP contribution is -2.25. The number of hydrogen-bond donors (Lipinski definition) is 1. The number of hydrogen-bond acceptors (Lipinski definition) is 3. The molecule has 0 heterocycles. The van der Waals surface area contributed by atoms with Crippen molar-refractivity contribution in [3.63, 3.8) is 0 Å². The van der Waals surface area contributed by atoms with Gasteiger partial charge in [0.15, 0.2) is 0 Å². The predicted octanol–water partition coefficient (Wildman–Crippen LogP) is 3.33. The van der Waals surface area contributed by atoms with Crippen molar-refractivity contribution in [2.75, 3.05) is 20.8 Å². The maximum absolute atomic E-state index is 12.2. The number of carbonyl (C=O) groups excluding carboxylic acids is 1. The quantitative estimate of drug-likeness (QED) is 0.888. The highest BCUT2D eigenvalue weighted by Crippen LogP contribution is 2.22. The zero-order chi connectivity index (χ0) is 15.9. The molecular weight excluding hydrogens is 302 g/mol. The van der Waals surface area contributed by atoms with E-state index in [-0.39, 0.29) is 5.91 Å². The third kappa shape index (κ3) is 4.40. The Kier molecular flexibility index (Phi) is 5.67. The van der Waals surface area contributed by atoms with Crippen LogP contribution in [0.1, 0.15) is 15.9 Å². The van der Waals surface area contributed by atoms with Crippen LogP contribution in [0.5, 0.6) is 11.5 Å². The second-order valence-electron chi connectivity index (χ2n) is 4.73. The first-order valence-electron chi connectivity index (χ1n) is 6.88. The summed E-state index contributed by atoms with van der Waals surface area (Å²) >= 11 is 5.84. The van der Waals surface area contributed by atoms with Gasteiger partial charge in [-0.1, -0.05) is 23.7 Å². The van der Waals surface area contributed by atoms with Gasteiger partial charge < -0.3 is 14.8 Å². The van der Waals surface area contributed by atoms with Crippen molar-refractivity contribution in [3.05, 3.63) is 58.6 Å². The van der Waals surface area contributed by atoms with E-state index in [1.54, 1.807) is 32.4 Å². The van der Waals surface area contributed by atoms with Crippen LogP contribution >= 0.6 is 11.6 Å². The molecule has 0 unspecified atom stereocenters. The van der Waals surface area contributed by atoms with E-state index < -0.39 is 0 Å². The van der Waals surface area contributed by atoms with E-state index in [9.17, 15) is 4.79 Å². The molecule has 0 aliphatic rings. The fraction of sp³-hybridized carbons (Fsp3) is 0.235. The highest BCUT2D eigenvalue weighted by atomic mass is 35.5. The first kappa shape index (κ1) is 16.2. The molecule has 2 aromatic carbocycles. The molecule has 0 spiro atoms. The third-order valence-corrected chi connectivity index (χ3v) is 3.48.